The first-order valence-electron chi connectivity index (χ1n) is 5.67. The van der Waals surface area contributed by atoms with Gasteiger partial charge in [0.25, 0.3) is 10.2 Å². The normalized spacial score (nSPS) is 16.2. The van der Waals surface area contributed by atoms with Gasteiger partial charge in [-0.2, -0.15) is 8.42 Å². The Bertz CT molecular complexity index is 481. The van der Waals surface area contributed by atoms with Gasteiger partial charge in [-0.25, -0.2) is 4.72 Å². The maximum atomic E-state index is 11.4. The van der Waals surface area contributed by atoms with Crippen molar-refractivity contribution in [2.45, 2.75) is 12.8 Å². The van der Waals surface area contributed by atoms with Gasteiger partial charge in [-0.3, -0.25) is 4.72 Å². The van der Waals surface area contributed by atoms with E-state index in [0.717, 1.165) is 18.8 Å². The first-order valence-corrected chi connectivity index (χ1v) is 7.15. The largest absolute Gasteiger partial charge is 0.371 e. The van der Waals surface area contributed by atoms with Crippen molar-refractivity contribution in [3.05, 3.63) is 24.3 Å². The number of rotatable bonds is 4. The zero-order valence-electron chi connectivity index (χ0n) is 9.81. The number of hydrogen-bond acceptors (Lipinski definition) is 3. The smallest absolute Gasteiger partial charge is 0.298 e. The molecular weight excluding hydrogens is 238 g/mol. The molecule has 1 aliphatic rings. The lowest BCUT2D eigenvalue weighted by Gasteiger charge is -2.18. The Morgan fingerprint density at radius 1 is 1.24 bits per heavy atom. The molecule has 94 valence electrons. The summed E-state index contributed by atoms with van der Waals surface area (Å²) in [6.45, 7) is 2.09. The molecule has 2 N–H and O–H groups in total. The van der Waals surface area contributed by atoms with Crippen molar-refractivity contribution in [2.75, 3.05) is 29.8 Å². The van der Waals surface area contributed by atoms with Crippen LogP contribution in [-0.4, -0.2) is 28.6 Å². The molecule has 1 aromatic carbocycles. The zero-order valence-corrected chi connectivity index (χ0v) is 10.6. The summed E-state index contributed by atoms with van der Waals surface area (Å²) in [5.41, 5.74) is 1.66. The van der Waals surface area contributed by atoms with Crippen molar-refractivity contribution in [3.63, 3.8) is 0 Å². The molecule has 0 atom stereocenters. The molecule has 2 rings (SSSR count). The van der Waals surface area contributed by atoms with Crippen LogP contribution in [0.5, 0.6) is 0 Å². The van der Waals surface area contributed by atoms with Gasteiger partial charge < -0.3 is 4.90 Å². The Labute approximate surface area is 102 Å². The number of benzene rings is 1. The fraction of sp³-hybridized carbons (Fsp3) is 0.455. The summed E-state index contributed by atoms with van der Waals surface area (Å²) in [5, 5.41) is 0. The number of anilines is 2. The van der Waals surface area contributed by atoms with Crippen LogP contribution in [0.3, 0.4) is 0 Å². The van der Waals surface area contributed by atoms with Crippen molar-refractivity contribution < 1.29 is 8.42 Å². The molecule has 0 unspecified atom stereocenters. The summed E-state index contributed by atoms with van der Waals surface area (Å²) < 4.78 is 27.4. The minimum absolute atomic E-state index is 0.587. The third-order valence-electron chi connectivity index (χ3n) is 2.84. The summed E-state index contributed by atoms with van der Waals surface area (Å²) in [6.07, 6.45) is 2.40. The number of nitrogens with one attached hydrogen (secondary N) is 2. The molecule has 1 aliphatic heterocycles. The lowest BCUT2D eigenvalue weighted by molar-refractivity contribution is 0.593. The van der Waals surface area contributed by atoms with Gasteiger partial charge in [0.15, 0.2) is 0 Å². The maximum Gasteiger partial charge on any atom is 0.298 e. The molecule has 0 amide bonds. The van der Waals surface area contributed by atoms with Crippen LogP contribution in [0.1, 0.15) is 12.8 Å². The van der Waals surface area contributed by atoms with Crippen molar-refractivity contribution in [1.29, 1.82) is 0 Å². The second-order valence-corrected chi connectivity index (χ2v) is 5.67. The van der Waals surface area contributed by atoms with Gasteiger partial charge in [-0.1, -0.05) is 6.07 Å². The highest BCUT2D eigenvalue weighted by atomic mass is 32.2. The van der Waals surface area contributed by atoms with E-state index in [1.807, 2.05) is 18.2 Å². The Morgan fingerprint density at radius 2 is 1.94 bits per heavy atom. The molecule has 0 bridgehead atoms. The summed E-state index contributed by atoms with van der Waals surface area (Å²) in [7, 11) is -2.05. The third-order valence-corrected chi connectivity index (χ3v) is 3.88. The van der Waals surface area contributed by atoms with Gasteiger partial charge in [0.2, 0.25) is 0 Å². The van der Waals surface area contributed by atoms with E-state index in [2.05, 4.69) is 14.3 Å². The fourth-order valence-electron chi connectivity index (χ4n) is 1.95. The van der Waals surface area contributed by atoms with Crippen molar-refractivity contribution >= 4 is 21.6 Å². The Kier molecular flexibility index (Phi) is 3.54. The Morgan fingerprint density at radius 3 is 2.59 bits per heavy atom. The average Bonchev–Trinajstić information content (AvgIpc) is 2.82. The first-order chi connectivity index (χ1) is 8.11. The van der Waals surface area contributed by atoms with Crippen LogP contribution >= 0.6 is 0 Å². The summed E-state index contributed by atoms with van der Waals surface area (Å²) in [6, 6.07) is 7.47. The average molecular weight is 255 g/mol. The molecule has 5 nitrogen and oxygen atoms in total. The molecule has 0 saturated carbocycles. The van der Waals surface area contributed by atoms with E-state index in [-0.39, 0.29) is 0 Å². The molecule has 6 heteroatoms. The molecule has 0 aromatic heterocycles. The van der Waals surface area contributed by atoms with Gasteiger partial charge in [0.1, 0.15) is 0 Å². The highest BCUT2D eigenvalue weighted by Crippen LogP contribution is 2.23. The lowest BCUT2D eigenvalue weighted by atomic mass is 10.2. The van der Waals surface area contributed by atoms with E-state index in [1.54, 1.807) is 6.07 Å². The van der Waals surface area contributed by atoms with Crippen molar-refractivity contribution in [1.82, 2.24) is 4.72 Å². The van der Waals surface area contributed by atoms with Crippen LogP contribution in [0, 0.1) is 0 Å². The van der Waals surface area contributed by atoms with E-state index < -0.39 is 10.2 Å². The van der Waals surface area contributed by atoms with E-state index in [9.17, 15) is 8.42 Å². The zero-order chi connectivity index (χ0) is 12.3. The quantitative estimate of drug-likeness (QED) is 0.849. The van der Waals surface area contributed by atoms with E-state index in [0.29, 0.717) is 5.69 Å². The summed E-state index contributed by atoms with van der Waals surface area (Å²) in [5.74, 6) is 0. The lowest BCUT2D eigenvalue weighted by Crippen LogP contribution is -2.26. The highest BCUT2D eigenvalue weighted by Gasteiger charge is 2.13. The van der Waals surface area contributed by atoms with E-state index >= 15 is 0 Å². The Hall–Kier alpha value is -1.27. The van der Waals surface area contributed by atoms with Crippen LogP contribution in [0.2, 0.25) is 0 Å². The molecule has 1 heterocycles. The topological polar surface area (TPSA) is 61.4 Å². The second kappa shape index (κ2) is 4.93. The van der Waals surface area contributed by atoms with Gasteiger partial charge >= 0.3 is 0 Å². The maximum absolute atomic E-state index is 11.4. The van der Waals surface area contributed by atoms with Crippen LogP contribution in [-0.2, 0) is 10.2 Å². The Balaban J connectivity index is 2.16. The minimum atomic E-state index is -3.43. The van der Waals surface area contributed by atoms with Gasteiger partial charge in [0.05, 0.1) is 5.69 Å². The molecule has 0 spiro atoms. The third kappa shape index (κ3) is 3.10. The molecule has 1 fully saturated rings. The van der Waals surface area contributed by atoms with Crippen LogP contribution in [0.15, 0.2) is 24.3 Å². The predicted octanol–water partition coefficient (Wildman–Crippen LogP) is 1.16. The first kappa shape index (κ1) is 12.2. The second-order valence-electron chi connectivity index (χ2n) is 4.05. The minimum Gasteiger partial charge on any atom is -0.371 e. The standard InChI is InChI=1S/C11H17N3O2S/c1-12-17(15,16)13-10-5-4-6-11(9-10)14-7-2-3-8-14/h4-6,9,12-13H,2-3,7-8H2,1H3. The van der Waals surface area contributed by atoms with Gasteiger partial charge in [-0.05, 0) is 31.0 Å². The van der Waals surface area contributed by atoms with Crippen molar-refractivity contribution in [3.8, 4) is 0 Å². The molecule has 1 aromatic rings. The number of nitrogens with zero attached hydrogens (tertiary/aromatic N) is 1. The highest BCUT2D eigenvalue weighted by molar-refractivity contribution is 7.90. The van der Waals surface area contributed by atoms with E-state index in [4.69, 9.17) is 0 Å². The van der Waals surface area contributed by atoms with Crippen LogP contribution in [0.4, 0.5) is 11.4 Å². The van der Waals surface area contributed by atoms with E-state index in [1.165, 1.54) is 19.9 Å². The van der Waals surface area contributed by atoms with Crippen LogP contribution < -0.4 is 14.3 Å². The number of hydrogen-bond donors (Lipinski definition) is 2. The fourth-order valence-corrected chi connectivity index (χ4v) is 2.49. The van der Waals surface area contributed by atoms with Crippen LogP contribution in [0.25, 0.3) is 0 Å². The molecular formula is C11H17N3O2S. The van der Waals surface area contributed by atoms with Gasteiger partial charge in [0, 0.05) is 25.8 Å². The molecule has 17 heavy (non-hydrogen) atoms. The SMILES string of the molecule is CNS(=O)(=O)Nc1cccc(N2CCCC2)c1. The monoisotopic (exact) mass is 255 g/mol. The summed E-state index contributed by atoms with van der Waals surface area (Å²) >= 11 is 0. The predicted molar refractivity (Wildman–Crippen MR) is 69.5 cm³/mol. The molecule has 1 saturated heterocycles. The summed E-state index contributed by atoms with van der Waals surface area (Å²) in [4.78, 5) is 2.26. The van der Waals surface area contributed by atoms with Gasteiger partial charge in [-0.15, -0.1) is 0 Å². The molecule has 0 radical (unpaired) electrons. The van der Waals surface area contributed by atoms with Crippen molar-refractivity contribution in [2.24, 2.45) is 0 Å². The molecule has 0 aliphatic carbocycles.